The molecule has 3 nitrogen and oxygen atoms in total. The Morgan fingerprint density at radius 2 is 2.06 bits per heavy atom. The summed E-state index contributed by atoms with van der Waals surface area (Å²) in [5.41, 5.74) is 8.27. The molecule has 0 bridgehead atoms. The summed E-state index contributed by atoms with van der Waals surface area (Å²) in [7, 11) is 0. The van der Waals surface area contributed by atoms with Crippen LogP contribution in [0.25, 0.3) is 0 Å². The number of aromatic nitrogens is 2. The van der Waals surface area contributed by atoms with Crippen LogP contribution in [0.1, 0.15) is 36.3 Å². The molecule has 0 aliphatic rings. The minimum atomic E-state index is 0.168. The van der Waals surface area contributed by atoms with Gasteiger partial charge in [0.05, 0.1) is 5.92 Å². The van der Waals surface area contributed by atoms with Crippen LogP contribution >= 0.6 is 0 Å². The molecule has 0 aliphatic carbocycles. The number of benzene rings is 1. The molecule has 0 amide bonds. The van der Waals surface area contributed by atoms with Gasteiger partial charge in [0.1, 0.15) is 5.82 Å². The number of aromatic amines is 1. The lowest BCUT2D eigenvalue weighted by atomic mass is 9.99. The largest absolute Gasteiger partial charge is 0.345 e. The van der Waals surface area contributed by atoms with Crippen LogP contribution in [0.4, 0.5) is 0 Å². The summed E-state index contributed by atoms with van der Waals surface area (Å²) >= 11 is 0. The fourth-order valence-electron chi connectivity index (χ4n) is 2.04. The van der Waals surface area contributed by atoms with Gasteiger partial charge >= 0.3 is 0 Å². The van der Waals surface area contributed by atoms with Crippen molar-refractivity contribution in [1.29, 1.82) is 0 Å². The number of nitrogens with zero attached hydrogens (tertiary/aromatic N) is 1. The van der Waals surface area contributed by atoms with Crippen LogP contribution in [0, 0.1) is 0 Å². The van der Waals surface area contributed by atoms with Crippen molar-refractivity contribution in [3.8, 4) is 0 Å². The van der Waals surface area contributed by atoms with Crippen molar-refractivity contribution >= 4 is 0 Å². The second-order valence-electron chi connectivity index (χ2n) is 4.24. The summed E-state index contributed by atoms with van der Waals surface area (Å²) < 4.78 is 0. The predicted octanol–water partition coefficient (Wildman–Crippen LogP) is 2.45. The first kappa shape index (κ1) is 11.9. The van der Waals surface area contributed by atoms with E-state index in [1.807, 2.05) is 24.4 Å². The lowest BCUT2D eigenvalue weighted by Gasteiger charge is -2.12. The molecule has 0 saturated heterocycles. The normalized spacial score (nSPS) is 12.6. The first-order valence-corrected chi connectivity index (χ1v) is 6.14. The maximum atomic E-state index is 5.86. The van der Waals surface area contributed by atoms with Crippen LogP contribution in [0.2, 0.25) is 0 Å². The smallest absolute Gasteiger partial charge is 0.115 e. The number of nitrogens with two attached hydrogens (primary N) is 1. The molecular weight excluding hydrogens is 210 g/mol. The molecule has 0 aliphatic heterocycles. The standard InChI is InChI=1S/C14H19N3/c1-2-6-12-10-16-14(17-12)13(9-15)11-7-4-3-5-8-11/h3-5,7-8,10,13H,2,6,9,15H2,1H3,(H,16,17). The number of hydrogen-bond acceptors (Lipinski definition) is 2. The van der Waals surface area contributed by atoms with E-state index in [1.54, 1.807) is 0 Å². The fourth-order valence-corrected chi connectivity index (χ4v) is 2.04. The number of imidazole rings is 1. The third kappa shape index (κ3) is 2.74. The van der Waals surface area contributed by atoms with E-state index in [2.05, 4.69) is 29.0 Å². The highest BCUT2D eigenvalue weighted by Crippen LogP contribution is 2.20. The molecule has 0 spiro atoms. The molecule has 0 saturated carbocycles. The highest BCUT2D eigenvalue weighted by molar-refractivity contribution is 5.26. The van der Waals surface area contributed by atoms with Gasteiger partial charge in [0.15, 0.2) is 0 Å². The van der Waals surface area contributed by atoms with Crippen molar-refractivity contribution in [2.24, 2.45) is 5.73 Å². The maximum Gasteiger partial charge on any atom is 0.115 e. The van der Waals surface area contributed by atoms with Gasteiger partial charge in [0, 0.05) is 18.4 Å². The molecule has 90 valence electrons. The van der Waals surface area contributed by atoms with Gasteiger partial charge in [-0.15, -0.1) is 0 Å². The van der Waals surface area contributed by atoms with Gasteiger partial charge in [-0.25, -0.2) is 4.98 Å². The van der Waals surface area contributed by atoms with Crippen LogP contribution in [0.3, 0.4) is 0 Å². The Morgan fingerprint density at radius 1 is 1.29 bits per heavy atom. The Morgan fingerprint density at radius 3 is 2.71 bits per heavy atom. The van der Waals surface area contributed by atoms with Crippen molar-refractivity contribution in [2.45, 2.75) is 25.7 Å². The van der Waals surface area contributed by atoms with E-state index in [9.17, 15) is 0 Å². The Labute approximate surface area is 102 Å². The number of hydrogen-bond donors (Lipinski definition) is 2. The third-order valence-corrected chi connectivity index (χ3v) is 2.94. The summed E-state index contributed by atoms with van der Waals surface area (Å²) in [6, 6.07) is 10.3. The second-order valence-corrected chi connectivity index (χ2v) is 4.24. The first-order chi connectivity index (χ1) is 8.35. The zero-order chi connectivity index (χ0) is 12.1. The molecule has 3 heteroatoms. The average Bonchev–Trinajstić information content (AvgIpc) is 2.81. The van der Waals surface area contributed by atoms with E-state index in [1.165, 1.54) is 11.3 Å². The number of nitrogens with one attached hydrogen (secondary N) is 1. The molecule has 1 unspecified atom stereocenters. The van der Waals surface area contributed by atoms with Crippen LogP contribution in [0.15, 0.2) is 36.5 Å². The molecule has 2 aromatic rings. The second kappa shape index (κ2) is 5.64. The molecule has 2 rings (SSSR count). The van der Waals surface area contributed by atoms with Gasteiger partial charge in [-0.3, -0.25) is 0 Å². The monoisotopic (exact) mass is 229 g/mol. The van der Waals surface area contributed by atoms with Crippen LogP contribution in [-0.4, -0.2) is 16.5 Å². The molecule has 0 radical (unpaired) electrons. The molecule has 0 fully saturated rings. The SMILES string of the molecule is CCCc1cnc(C(CN)c2ccccc2)[nH]1. The van der Waals surface area contributed by atoms with Gasteiger partial charge in [-0.05, 0) is 12.0 Å². The molecule has 17 heavy (non-hydrogen) atoms. The lowest BCUT2D eigenvalue weighted by molar-refractivity contribution is 0.758. The van der Waals surface area contributed by atoms with E-state index in [0.29, 0.717) is 6.54 Å². The highest BCUT2D eigenvalue weighted by Gasteiger charge is 2.15. The summed E-state index contributed by atoms with van der Waals surface area (Å²) in [6.45, 7) is 2.74. The Kier molecular flexibility index (Phi) is 3.94. The average molecular weight is 229 g/mol. The van der Waals surface area contributed by atoms with E-state index >= 15 is 0 Å². The van der Waals surface area contributed by atoms with Crippen molar-refractivity contribution in [3.63, 3.8) is 0 Å². The summed E-state index contributed by atoms with van der Waals surface area (Å²) in [4.78, 5) is 7.82. The fraction of sp³-hybridized carbons (Fsp3) is 0.357. The van der Waals surface area contributed by atoms with E-state index < -0.39 is 0 Å². The zero-order valence-corrected chi connectivity index (χ0v) is 10.2. The molecule has 3 N–H and O–H groups in total. The summed E-state index contributed by atoms with van der Waals surface area (Å²) in [6.07, 6.45) is 4.09. The van der Waals surface area contributed by atoms with Gasteiger partial charge in [-0.1, -0.05) is 43.7 Å². The van der Waals surface area contributed by atoms with Gasteiger partial charge < -0.3 is 10.7 Å². The van der Waals surface area contributed by atoms with Crippen molar-refractivity contribution in [1.82, 2.24) is 9.97 Å². The molecule has 1 aromatic carbocycles. The molecule has 1 heterocycles. The zero-order valence-electron chi connectivity index (χ0n) is 10.2. The van der Waals surface area contributed by atoms with Crippen molar-refractivity contribution in [3.05, 3.63) is 53.6 Å². The summed E-state index contributed by atoms with van der Waals surface area (Å²) in [5, 5.41) is 0. The quantitative estimate of drug-likeness (QED) is 0.827. The third-order valence-electron chi connectivity index (χ3n) is 2.94. The molecule has 1 atom stereocenters. The van der Waals surface area contributed by atoms with E-state index in [4.69, 9.17) is 5.73 Å². The number of rotatable bonds is 5. The van der Waals surface area contributed by atoms with Gasteiger partial charge in [0.25, 0.3) is 0 Å². The van der Waals surface area contributed by atoms with Crippen molar-refractivity contribution < 1.29 is 0 Å². The Bertz CT molecular complexity index is 448. The highest BCUT2D eigenvalue weighted by atomic mass is 14.9. The minimum Gasteiger partial charge on any atom is -0.345 e. The van der Waals surface area contributed by atoms with Crippen LogP contribution < -0.4 is 5.73 Å². The van der Waals surface area contributed by atoms with Gasteiger partial charge in [-0.2, -0.15) is 0 Å². The first-order valence-electron chi connectivity index (χ1n) is 6.14. The topological polar surface area (TPSA) is 54.7 Å². The maximum absolute atomic E-state index is 5.86. The van der Waals surface area contributed by atoms with E-state index in [-0.39, 0.29) is 5.92 Å². The van der Waals surface area contributed by atoms with Gasteiger partial charge in [0.2, 0.25) is 0 Å². The van der Waals surface area contributed by atoms with E-state index in [0.717, 1.165) is 18.7 Å². The van der Waals surface area contributed by atoms with Crippen molar-refractivity contribution in [2.75, 3.05) is 6.54 Å². The summed E-state index contributed by atoms with van der Waals surface area (Å²) in [5.74, 6) is 1.14. The molecule has 1 aromatic heterocycles. The lowest BCUT2D eigenvalue weighted by Crippen LogP contribution is -2.15. The predicted molar refractivity (Wildman–Crippen MR) is 69.9 cm³/mol. The van der Waals surface area contributed by atoms with Crippen LogP contribution in [-0.2, 0) is 6.42 Å². The number of aryl methyl sites for hydroxylation is 1. The molecular formula is C14H19N3. The number of H-pyrrole nitrogens is 1. The Hall–Kier alpha value is -1.61. The van der Waals surface area contributed by atoms with Crippen LogP contribution in [0.5, 0.6) is 0 Å². The Balaban J connectivity index is 2.23. The minimum absolute atomic E-state index is 0.168.